The molecule has 0 spiro atoms. The predicted octanol–water partition coefficient (Wildman–Crippen LogP) is 3.32. The van der Waals surface area contributed by atoms with E-state index >= 15 is 0 Å². The van der Waals surface area contributed by atoms with E-state index in [-0.39, 0.29) is 0 Å². The van der Waals surface area contributed by atoms with Crippen LogP contribution in [0.2, 0.25) is 0 Å². The predicted molar refractivity (Wildman–Crippen MR) is 81.3 cm³/mol. The summed E-state index contributed by atoms with van der Waals surface area (Å²) in [5.41, 5.74) is 1.14. The van der Waals surface area contributed by atoms with E-state index in [0.717, 1.165) is 35.6 Å². The molecule has 0 aromatic heterocycles. The molecule has 0 N–H and O–H groups in total. The quantitative estimate of drug-likeness (QED) is 0.850. The van der Waals surface area contributed by atoms with Crippen LogP contribution in [0.25, 0.3) is 10.8 Å². The molecule has 1 heterocycles. The third kappa shape index (κ3) is 2.45. The molecule has 2 aromatic carbocycles. The van der Waals surface area contributed by atoms with Crippen LogP contribution in [0.1, 0.15) is 24.8 Å². The van der Waals surface area contributed by atoms with E-state index in [2.05, 4.69) is 0 Å². The first-order valence-corrected chi connectivity index (χ1v) is 8.52. The first-order valence-electron chi connectivity index (χ1n) is 7.08. The van der Waals surface area contributed by atoms with Gasteiger partial charge < -0.3 is 0 Å². The molecule has 3 rings (SSSR count). The molecule has 106 valence electrons. The van der Waals surface area contributed by atoms with Crippen molar-refractivity contribution in [2.45, 2.75) is 31.1 Å². The Labute approximate surface area is 120 Å². The number of rotatable bonds is 2. The van der Waals surface area contributed by atoms with Crippen LogP contribution >= 0.6 is 0 Å². The van der Waals surface area contributed by atoms with Crippen LogP contribution in [0.15, 0.2) is 41.3 Å². The minimum Gasteiger partial charge on any atom is -0.207 e. The van der Waals surface area contributed by atoms with E-state index in [1.807, 2.05) is 31.2 Å². The number of hydrogen-bond acceptors (Lipinski definition) is 2. The van der Waals surface area contributed by atoms with Gasteiger partial charge in [0.25, 0.3) is 0 Å². The van der Waals surface area contributed by atoms with Crippen molar-refractivity contribution in [1.29, 1.82) is 0 Å². The second-order valence-electron chi connectivity index (χ2n) is 5.48. The monoisotopic (exact) mass is 289 g/mol. The van der Waals surface area contributed by atoms with Crippen molar-refractivity contribution in [2.75, 3.05) is 13.1 Å². The Hall–Kier alpha value is -1.39. The van der Waals surface area contributed by atoms with Gasteiger partial charge >= 0.3 is 0 Å². The van der Waals surface area contributed by atoms with Gasteiger partial charge in [-0.05, 0) is 42.7 Å². The molecule has 0 unspecified atom stereocenters. The molecule has 0 aliphatic carbocycles. The molecule has 20 heavy (non-hydrogen) atoms. The average Bonchev–Trinajstić information content (AvgIpc) is 2.47. The number of fused-ring (bicyclic) bond motifs is 1. The minimum atomic E-state index is -3.33. The Balaban J connectivity index is 2.04. The fourth-order valence-electron chi connectivity index (χ4n) is 2.76. The van der Waals surface area contributed by atoms with E-state index in [9.17, 15) is 8.42 Å². The van der Waals surface area contributed by atoms with Crippen LogP contribution in [0.4, 0.5) is 0 Å². The van der Waals surface area contributed by atoms with Crippen LogP contribution in [0.3, 0.4) is 0 Å². The highest BCUT2D eigenvalue weighted by Gasteiger charge is 2.25. The van der Waals surface area contributed by atoms with Gasteiger partial charge in [0.2, 0.25) is 10.0 Å². The van der Waals surface area contributed by atoms with E-state index in [1.54, 1.807) is 16.4 Å². The highest BCUT2D eigenvalue weighted by molar-refractivity contribution is 7.89. The Morgan fingerprint density at radius 1 is 0.900 bits per heavy atom. The van der Waals surface area contributed by atoms with Crippen molar-refractivity contribution in [3.05, 3.63) is 42.0 Å². The molecule has 4 heteroatoms. The standard InChI is InChI=1S/C16H19NO2S/c1-13-5-6-14-7-8-16(12-15(14)11-13)20(18,19)17-9-3-2-4-10-17/h5-8,11-12H,2-4,9-10H2,1H3. The molecule has 2 aromatic rings. The summed E-state index contributed by atoms with van der Waals surface area (Å²) in [5.74, 6) is 0. The van der Waals surface area contributed by atoms with Gasteiger partial charge in [-0.15, -0.1) is 0 Å². The van der Waals surface area contributed by atoms with Crippen LogP contribution in [-0.4, -0.2) is 25.8 Å². The molecule has 0 atom stereocenters. The summed E-state index contributed by atoms with van der Waals surface area (Å²) in [6, 6.07) is 11.5. The number of hydrogen-bond donors (Lipinski definition) is 0. The molecule has 0 saturated carbocycles. The van der Waals surface area contributed by atoms with Gasteiger partial charge in [-0.2, -0.15) is 4.31 Å². The lowest BCUT2D eigenvalue weighted by atomic mass is 10.1. The van der Waals surface area contributed by atoms with Crippen molar-refractivity contribution in [3.63, 3.8) is 0 Å². The van der Waals surface area contributed by atoms with E-state index < -0.39 is 10.0 Å². The van der Waals surface area contributed by atoms with Crippen molar-refractivity contribution >= 4 is 20.8 Å². The summed E-state index contributed by atoms with van der Waals surface area (Å²) in [7, 11) is -3.33. The Morgan fingerprint density at radius 3 is 2.35 bits per heavy atom. The molecule has 3 nitrogen and oxygen atoms in total. The summed E-state index contributed by atoms with van der Waals surface area (Å²) >= 11 is 0. The largest absolute Gasteiger partial charge is 0.243 e. The number of sulfonamides is 1. The van der Waals surface area contributed by atoms with Crippen LogP contribution in [0.5, 0.6) is 0 Å². The van der Waals surface area contributed by atoms with Gasteiger partial charge in [-0.3, -0.25) is 0 Å². The Bertz CT molecular complexity index is 731. The number of benzene rings is 2. The van der Waals surface area contributed by atoms with E-state index in [4.69, 9.17) is 0 Å². The van der Waals surface area contributed by atoms with Gasteiger partial charge in [0.15, 0.2) is 0 Å². The highest BCUT2D eigenvalue weighted by atomic mass is 32.2. The Morgan fingerprint density at radius 2 is 1.60 bits per heavy atom. The molecule has 1 fully saturated rings. The maximum absolute atomic E-state index is 12.6. The normalized spacial score (nSPS) is 17.4. The molecule has 1 aliphatic heterocycles. The first kappa shape index (κ1) is 13.6. The summed E-state index contributed by atoms with van der Waals surface area (Å²) in [4.78, 5) is 0.414. The second kappa shape index (κ2) is 5.19. The van der Waals surface area contributed by atoms with E-state index in [0.29, 0.717) is 18.0 Å². The molecule has 0 bridgehead atoms. The summed E-state index contributed by atoms with van der Waals surface area (Å²) in [6.45, 7) is 3.31. The van der Waals surface area contributed by atoms with Gasteiger partial charge in [-0.25, -0.2) is 8.42 Å². The second-order valence-corrected chi connectivity index (χ2v) is 7.42. The Kier molecular flexibility index (Phi) is 3.52. The van der Waals surface area contributed by atoms with Gasteiger partial charge in [0.1, 0.15) is 0 Å². The van der Waals surface area contributed by atoms with Gasteiger partial charge in [0.05, 0.1) is 4.90 Å². The van der Waals surface area contributed by atoms with Crippen LogP contribution in [0, 0.1) is 6.92 Å². The molecule has 0 radical (unpaired) electrons. The third-order valence-corrected chi connectivity index (χ3v) is 5.81. The summed E-state index contributed by atoms with van der Waals surface area (Å²) in [6.07, 6.45) is 3.06. The molecular weight excluding hydrogens is 270 g/mol. The molecular formula is C16H19NO2S. The minimum absolute atomic E-state index is 0.414. The van der Waals surface area contributed by atoms with Crippen LogP contribution in [-0.2, 0) is 10.0 Å². The smallest absolute Gasteiger partial charge is 0.207 e. The fraction of sp³-hybridized carbons (Fsp3) is 0.375. The van der Waals surface area contributed by atoms with E-state index in [1.165, 1.54) is 0 Å². The number of piperidine rings is 1. The van der Waals surface area contributed by atoms with Crippen molar-refractivity contribution in [1.82, 2.24) is 4.31 Å². The van der Waals surface area contributed by atoms with Gasteiger partial charge in [-0.1, -0.05) is 36.2 Å². The number of aryl methyl sites for hydroxylation is 1. The van der Waals surface area contributed by atoms with Gasteiger partial charge in [0, 0.05) is 13.1 Å². The van der Waals surface area contributed by atoms with Crippen molar-refractivity contribution < 1.29 is 8.42 Å². The third-order valence-electron chi connectivity index (χ3n) is 3.92. The first-order chi connectivity index (χ1) is 9.57. The molecule has 1 aliphatic rings. The molecule has 0 amide bonds. The lowest BCUT2D eigenvalue weighted by Gasteiger charge is -2.26. The lowest BCUT2D eigenvalue weighted by molar-refractivity contribution is 0.346. The fourth-order valence-corrected chi connectivity index (χ4v) is 4.31. The zero-order valence-corrected chi connectivity index (χ0v) is 12.5. The summed E-state index contributed by atoms with van der Waals surface area (Å²) < 4.78 is 26.9. The van der Waals surface area contributed by atoms with Crippen molar-refractivity contribution in [2.24, 2.45) is 0 Å². The highest BCUT2D eigenvalue weighted by Crippen LogP contribution is 2.24. The maximum atomic E-state index is 12.6. The SMILES string of the molecule is Cc1ccc2ccc(S(=O)(=O)N3CCCCC3)cc2c1. The summed E-state index contributed by atoms with van der Waals surface area (Å²) in [5, 5.41) is 2.07. The molecule has 1 saturated heterocycles. The average molecular weight is 289 g/mol. The lowest BCUT2D eigenvalue weighted by Crippen LogP contribution is -2.35. The topological polar surface area (TPSA) is 37.4 Å². The number of nitrogens with zero attached hydrogens (tertiary/aromatic N) is 1. The zero-order chi connectivity index (χ0) is 14.2. The van der Waals surface area contributed by atoms with Crippen molar-refractivity contribution in [3.8, 4) is 0 Å². The van der Waals surface area contributed by atoms with Crippen LogP contribution < -0.4 is 0 Å². The maximum Gasteiger partial charge on any atom is 0.243 e. The zero-order valence-electron chi connectivity index (χ0n) is 11.7.